The monoisotopic (exact) mass is 286 g/mol. The maximum absolute atomic E-state index is 6.06. The third kappa shape index (κ3) is 2.14. The minimum atomic E-state index is 0.356. The second kappa shape index (κ2) is 5.55. The van der Waals surface area contributed by atoms with Crippen LogP contribution in [0, 0.1) is 0 Å². The molecule has 0 radical (unpaired) electrons. The molecule has 0 aliphatic heterocycles. The number of hydrogen-bond acceptors (Lipinski definition) is 2. The second-order valence-corrected chi connectivity index (χ2v) is 4.66. The van der Waals surface area contributed by atoms with Crippen LogP contribution in [0.25, 0.3) is 16.7 Å². The van der Waals surface area contributed by atoms with Crippen LogP contribution >= 0.6 is 11.6 Å². The van der Waals surface area contributed by atoms with E-state index >= 15 is 0 Å². The highest BCUT2D eigenvalue weighted by atomic mass is 35.5. The van der Waals surface area contributed by atoms with Gasteiger partial charge in [-0.25, -0.2) is 4.98 Å². The highest BCUT2D eigenvalue weighted by Gasteiger charge is 2.14. The number of nitrogens with zero attached hydrogens (tertiary/aromatic N) is 2. The third-order valence-electron chi connectivity index (χ3n) is 3.15. The van der Waals surface area contributed by atoms with Crippen molar-refractivity contribution in [3.8, 4) is 11.4 Å². The zero-order chi connectivity index (χ0) is 13.9. The largest absolute Gasteiger partial charge is 0.492 e. The Balaban J connectivity index is 2.28. The van der Waals surface area contributed by atoms with E-state index < -0.39 is 0 Å². The first-order valence-corrected chi connectivity index (χ1v) is 7.13. The molecule has 0 saturated carbocycles. The van der Waals surface area contributed by atoms with E-state index in [9.17, 15) is 0 Å². The zero-order valence-corrected chi connectivity index (χ0v) is 12.0. The molecule has 0 saturated heterocycles. The average Bonchev–Trinajstić information content (AvgIpc) is 2.88. The van der Waals surface area contributed by atoms with Crippen LogP contribution in [-0.4, -0.2) is 16.2 Å². The Kier molecular flexibility index (Phi) is 3.61. The SMILES string of the molecule is CCOc1cccc2c1nc(CCl)n2-c1ccccc1. The molecule has 1 aromatic heterocycles. The Labute approximate surface area is 122 Å². The Morgan fingerprint density at radius 3 is 2.60 bits per heavy atom. The number of fused-ring (bicyclic) bond motifs is 1. The van der Waals surface area contributed by atoms with E-state index in [2.05, 4.69) is 9.55 Å². The molecule has 0 bridgehead atoms. The zero-order valence-electron chi connectivity index (χ0n) is 11.2. The van der Waals surface area contributed by atoms with Crippen LogP contribution in [0.1, 0.15) is 12.7 Å². The summed E-state index contributed by atoms with van der Waals surface area (Å²) in [4.78, 5) is 4.63. The molecule has 20 heavy (non-hydrogen) atoms. The number of rotatable bonds is 4. The van der Waals surface area contributed by atoms with Gasteiger partial charge >= 0.3 is 0 Å². The quantitative estimate of drug-likeness (QED) is 0.673. The number of para-hydroxylation sites is 2. The molecule has 0 unspecified atom stereocenters. The van der Waals surface area contributed by atoms with Crippen LogP contribution in [0.15, 0.2) is 48.5 Å². The lowest BCUT2D eigenvalue weighted by molar-refractivity contribution is 0.343. The van der Waals surface area contributed by atoms with Gasteiger partial charge in [0.15, 0.2) is 0 Å². The second-order valence-electron chi connectivity index (χ2n) is 4.39. The van der Waals surface area contributed by atoms with Crippen molar-refractivity contribution < 1.29 is 4.74 Å². The summed E-state index contributed by atoms with van der Waals surface area (Å²) in [6.07, 6.45) is 0. The van der Waals surface area contributed by atoms with E-state index in [0.717, 1.165) is 28.3 Å². The first-order valence-electron chi connectivity index (χ1n) is 6.59. The molecule has 0 fully saturated rings. The van der Waals surface area contributed by atoms with E-state index in [4.69, 9.17) is 16.3 Å². The summed E-state index contributed by atoms with van der Waals surface area (Å²) in [5.74, 6) is 1.97. The number of alkyl halides is 1. The summed E-state index contributed by atoms with van der Waals surface area (Å²) in [6.45, 7) is 2.59. The minimum absolute atomic E-state index is 0.356. The van der Waals surface area contributed by atoms with Crippen LogP contribution < -0.4 is 4.74 Å². The van der Waals surface area contributed by atoms with Crippen molar-refractivity contribution in [2.75, 3.05) is 6.61 Å². The molecule has 102 valence electrons. The number of halogens is 1. The highest BCUT2D eigenvalue weighted by Crippen LogP contribution is 2.29. The lowest BCUT2D eigenvalue weighted by Crippen LogP contribution is -1.98. The van der Waals surface area contributed by atoms with E-state index in [1.165, 1.54) is 0 Å². The van der Waals surface area contributed by atoms with Gasteiger partial charge in [-0.05, 0) is 31.2 Å². The molecule has 3 nitrogen and oxygen atoms in total. The molecular weight excluding hydrogens is 272 g/mol. The summed E-state index contributed by atoms with van der Waals surface area (Å²) in [7, 11) is 0. The smallest absolute Gasteiger partial charge is 0.147 e. The minimum Gasteiger partial charge on any atom is -0.492 e. The topological polar surface area (TPSA) is 27.1 Å². The molecule has 0 aliphatic rings. The van der Waals surface area contributed by atoms with Crippen molar-refractivity contribution in [3.63, 3.8) is 0 Å². The van der Waals surface area contributed by atoms with Crippen LogP contribution in [0.5, 0.6) is 5.75 Å². The maximum atomic E-state index is 6.06. The van der Waals surface area contributed by atoms with Crippen molar-refractivity contribution in [2.45, 2.75) is 12.8 Å². The molecule has 0 aliphatic carbocycles. The van der Waals surface area contributed by atoms with Crippen LogP contribution in [0.4, 0.5) is 0 Å². The van der Waals surface area contributed by atoms with Crippen molar-refractivity contribution in [1.82, 2.24) is 9.55 Å². The Hall–Kier alpha value is -2.00. The van der Waals surface area contributed by atoms with Crippen LogP contribution in [0.2, 0.25) is 0 Å². The number of imidazole rings is 1. The summed E-state index contributed by atoms with van der Waals surface area (Å²) in [6, 6.07) is 16.0. The van der Waals surface area contributed by atoms with Crippen molar-refractivity contribution in [2.24, 2.45) is 0 Å². The fourth-order valence-corrected chi connectivity index (χ4v) is 2.53. The molecule has 2 aromatic carbocycles. The molecule has 0 N–H and O–H groups in total. The molecular formula is C16H15ClN2O. The van der Waals surface area contributed by atoms with Gasteiger partial charge in [0.2, 0.25) is 0 Å². The molecule has 3 rings (SSSR count). The molecule has 4 heteroatoms. The maximum Gasteiger partial charge on any atom is 0.147 e. The van der Waals surface area contributed by atoms with E-state index in [1.54, 1.807) is 0 Å². The highest BCUT2D eigenvalue weighted by molar-refractivity contribution is 6.17. The lowest BCUT2D eigenvalue weighted by Gasteiger charge is -2.08. The number of hydrogen-bond donors (Lipinski definition) is 0. The molecule has 3 aromatic rings. The summed E-state index contributed by atoms with van der Waals surface area (Å²) >= 11 is 6.06. The van der Waals surface area contributed by atoms with Gasteiger partial charge in [-0.3, -0.25) is 4.57 Å². The predicted molar refractivity (Wildman–Crippen MR) is 81.8 cm³/mol. The normalized spacial score (nSPS) is 10.9. The van der Waals surface area contributed by atoms with Gasteiger partial charge in [-0.2, -0.15) is 0 Å². The predicted octanol–water partition coefficient (Wildman–Crippen LogP) is 4.16. The molecule has 0 spiro atoms. The van der Waals surface area contributed by atoms with Gasteiger partial charge in [0.1, 0.15) is 17.1 Å². The van der Waals surface area contributed by atoms with Gasteiger partial charge in [0.25, 0.3) is 0 Å². The van der Waals surface area contributed by atoms with Gasteiger partial charge in [0.05, 0.1) is 18.0 Å². The first kappa shape index (κ1) is 13.0. The van der Waals surface area contributed by atoms with Gasteiger partial charge < -0.3 is 4.74 Å². The Morgan fingerprint density at radius 2 is 1.90 bits per heavy atom. The Morgan fingerprint density at radius 1 is 1.10 bits per heavy atom. The van der Waals surface area contributed by atoms with Crippen molar-refractivity contribution in [1.29, 1.82) is 0 Å². The van der Waals surface area contributed by atoms with Gasteiger partial charge in [0, 0.05) is 5.69 Å². The van der Waals surface area contributed by atoms with E-state index in [-0.39, 0.29) is 0 Å². The van der Waals surface area contributed by atoms with Crippen LogP contribution in [-0.2, 0) is 5.88 Å². The third-order valence-corrected chi connectivity index (χ3v) is 3.39. The fourth-order valence-electron chi connectivity index (χ4n) is 2.35. The fraction of sp³-hybridized carbons (Fsp3) is 0.188. The summed E-state index contributed by atoms with van der Waals surface area (Å²) in [5, 5.41) is 0. The molecule has 0 amide bonds. The van der Waals surface area contributed by atoms with Crippen molar-refractivity contribution >= 4 is 22.6 Å². The average molecular weight is 287 g/mol. The molecule has 0 atom stereocenters. The number of aromatic nitrogens is 2. The lowest BCUT2D eigenvalue weighted by atomic mass is 10.2. The standard InChI is InChI=1S/C16H15ClN2O/c1-2-20-14-10-6-9-13-16(14)18-15(11-17)19(13)12-7-4-3-5-8-12/h3-10H,2,11H2,1H3. The van der Waals surface area contributed by atoms with Crippen LogP contribution in [0.3, 0.4) is 0 Å². The number of ether oxygens (including phenoxy) is 1. The van der Waals surface area contributed by atoms with Gasteiger partial charge in [-0.1, -0.05) is 24.3 Å². The van der Waals surface area contributed by atoms with Gasteiger partial charge in [-0.15, -0.1) is 11.6 Å². The first-order chi connectivity index (χ1) is 9.85. The summed E-state index contributed by atoms with van der Waals surface area (Å²) < 4.78 is 7.72. The molecule has 1 heterocycles. The van der Waals surface area contributed by atoms with E-state index in [1.807, 2.05) is 55.5 Å². The van der Waals surface area contributed by atoms with E-state index in [0.29, 0.717) is 12.5 Å². The summed E-state index contributed by atoms with van der Waals surface area (Å²) in [5.41, 5.74) is 2.92. The van der Waals surface area contributed by atoms with Crippen molar-refractivity contribution in [3.05, 3.63) is 54.4 Å². The number of benzene rings is 2. The Bertz CT molecular complexity index is 722.